The molecule has 1 fully saturated rings. The lowest BCUT2D eigenvalue weighted by Gasteiger charge is -2.43. The Labute approximate surface area is 247 Å². The number of ether oxygens (including phenoxy) is 4. The molecule has 0 bridgehead atoms. The molecular formula is C33H42O9. The highest BCUT2D eigenvalue weighted by Gasteiger charge is 2.62. The average Bonchev–Trinajstić information content (AvgIpc) is 3.14. The van der Waals surface area contributed by atoms with E-state index in [0.29, 0.717) is 11.1 Å². The summed E-state index contributed by atoms with van der Waals surface area (Å²) in [5.74, 6) is -4.12. The van der Waals surface area contributed by atoms with Crippen molar-refractivity contribution in [3.8, 4) is 0 Å². The van der Waals surface area contributed by atoms with Crippen LogP contribution in [-0.4, -0.2) is 53.6 Å². The van der Waals surface area contributed by atoms with Crippen LogP contribution >= 0.6 is 0 Å². The first-order chi connectivity index (χ1) is 19.6. The topological polar surface area (TPSA) is 122 Å². The van der Waals surface area contributed by atoms with Crippen molar-refractivity contribution < 1.29 is 42.9 Å². The first-order valence-corrected chi connectivity index (χ1v) is 14.3. The zero-order valence-corrected chi connectivity index (χ0v) is 25.7. The van der Waals surface area contributed by atoms with Gasteiger partial charge in [0.2, 0.25) is 0 Å². The molecule has 0 radical (unpaired) electrons. The van der Waals surface area contributed by atoms with Crippen molar-refractivity contribution in [3.63, 3.8) is 0 Å². The minimum atomic E-state index is -1.45. The lowest BCUT2D eigenvalue weighted by Crippen LogP contribution is -2.55. The zero-order valence-electron chi connectivity index (χ0n) is 25.7. The summed E-state index contributed by atoms with van der Waals surface area (Å²) in [5, 5.41) is 0. The molecule has 2 aliphatic rings. The molecule has 0 aromatic heterocycles. The summed E-state index contributed by atoms with van der Waals surface area (Å²) in [5.41, 5.74) is -1.51. The molecule has 1 saturated carbocycles. The van der Waals surface area contributed by atoms with Crippen LogP contribution in [0.25, 0.3) is 0 Å². The van der Waals surface area contributed by atoms with Gasteiger partial charge in [-0.2, -0.15) is 0 Å². The van der Waals surface area contributed by atoms with Gasteiger partial charge in [0.25, 0.3) is 0 Å². The fourth-order valence-electron chi connectivity index (χ4n) is 6.05. The second-order valence-electron chi connectivity index (χ2n) is 12.1. The van der Waals surface area contributed by atoms with Crippen LogP contribution in [0.5, 0.6) is 0 Å². The maximum absolute atomic E-state index is 13.4. The Kier molecular flexibility index (Phi) is 10.2. The van der Waals surface area contributed by atoms with E-state index in [-0.39, 0.29) is 24.5 Å². The molecule has 1 aromatic carbocycles. The van der Waals surface area contributed by atoms with Gasteiger partial charge < -0.3 is 18.9 Å². The SMILES string of the molecule is CC(=O)O[C@@H]1[C@@H](C)C=CC(C)(C)C(=O)C[C@@H](OC(C)=O)C(C)=C[C@H]2[C@@H](OC(=O)c3ccccc3)[C@@H](C)C[C@]12OC(C)=O. The van der Waals surface area contributed by atoms with Crippen LogP contribution in [0.2, 0.25) is 0 Å². The van der Waals surface area contributed by atoms with Crippen molar-refractivity contribution in [2.45, 2.75) is 92.1 Å². The van der Waals surface area contributed by atoms with Gasteiger partial charge in [-0.25, -0.2) is 4.79 Å². The number of carbonyl (C=O) groups is 5. The molecular weight excluding hydrogens is 540 g/mol. The molecule has 0 heterocycles. The monoisotopic (exact) mass is 582 g/mol. The van der Waals surface area contributed by atoms with Crippen LogP contribution < -0.4 is 0 Å². The van der Waals surface area contributed by atoms with E-state index in [0.717, 1.165) is 0 Å². The van der Waals surface area contributed by atoms with Gasteiger partial charge in [0.15, 0.2) is 5.60 Å². The van der Waals surface area contributed by atoms with E-state index in [2.05, 4.69) is 0 Å². The van der Waals surface area contributed by atoms with E-state index < -0.39 is 65.0 Å². The minimum Gasteiger partial charge on any atom is -0.458 e. The number of fused-ring (bicyclic) bond motifs is 1. The van der Waals surface area contributed by atoms with Crippen molar-refractivity contribution in [3.05, 3.63) is 59.7 Å². The smallest absolute Gasteiger partial charge is 0.338 e. The standard InChI is InChI=1S/C33H42O9/c1-19-14-15-32(7,8)28(37)17-27(39-22(4)34)20(2)16-26-29(41-31(38)25-12-10-9-11-13-25)21(3)18-33(26,42-24(6)36)30(19)40-23(5)35/h9-16,19,21,26-27,29-30H,17-18H2,1-8H3/t19-,21-,26-,27+,29-,30+,33+/m0/s1. The third kappa shape index (κ3) is 7.36. The van der Waals surface area contributed by atoms with Crippen molar-refractivity contribution in [1.82, 2.24) is 0 Å². The van der Waals surface area contributed by atoms with E-state index in [1.807, 2.05) is 13.8 Å². The van der Waals surface area contributed by atoms with Crippen molar-refractivity contribution >= 4 is 29.7 Å². The number of hydrogen-bond donors (Lipinski definition) is 0. The highest BCUT2D eigenvalue weighted by molar-refractivity contribution is 5.89. The molecule has 7 atom stereocenters. The Hall–Kier alpha value is -3.75. The molecule has 3 rings (SSSR count). The Bertz CT molecular complexity index is 1260. The lowest BCUT2D eigenvalue weighted by molar-refractivity contribution is -0.195. The predicted octanol–water partition coefficient (Wildman–Crippen LogP) is 5.17. The fourth-order valence-corrected chi connectivity index (χ4v) is 6.05. The molecule has 0 N–H and O–H groups in total. The van der Waals surface area contributed by atoms with E-state index in [4.69, 9.17) is 18.9 Å². The Morgan fingerprint density at radius 1 is 0.881 bits per heavy atom. The van der Waals surface area contributed by atoms with Crippen LogP contribution in [0.4, 0.5) is 0 Å². The molecule has 2 aliphatic carbocycles. The van der Waals surface area contributed by atoms with Crippen molar-refractivity contribution in [2.75, 3.05) is 0 Å². The van der Waals surface area contributed by atoms with E-state index in [9.17, 15) is 24.0 Å². The van der Waals surface area contributed by atoms with Crippen LogP contribution in [0.3, 0.4) is 0 Å². The molecule has 42 heavy (non-hydrogen) atoms. The zero-order chi connectivity index (χ0) is 31.4. The summed E-state index contributed by atoms with van der Waals surface area (Å²) in [6, 6.07) is 8.52. The maximum Gasteiger partial charge on any atom is 0.338 e. The second-order valence-corrected chi connectivity index (χ2v) is 12.1. The van der Waals surface area contributed by atoms with E-state index in [1.165, 1.54) is 20.8 Å². The third-order valence-electron chi connectivity index (χ3n) is 8.12. The van der Waals surface area contributed by atoms with Gasteiger partial charge in [-0.3, -0.25) is 19.2 Å². The summed E-state index contributed by atoms with van der Waals surface area (Å²) in [6.07, 6.45) is 2.67. The summed E-state index contributed by atoms with van der Waals surface area (Å²) in [7, 11) is 0. The van der Waals surface area contributed by atoms with E-state index in [1.54, 1.807) is 69.3 Å². The van der Waals surface area contributed by atoms with Crippen LogP contribution in [0.1, 0.15) is 78.6 Å². The third-order valence-corrected chi connectivity index (χ3v) is 8.12. The number of rotatable bonds is 5. The molecule has 0 spiro atoms. The van der Waals surface area contributed by atoms with Crippen LogP contribution in [0, 0.1) is 23.2 Å². The van der Waals surface area contributed by atoms with Crippen molar-refractivity contribution in [2.24, 2.45) is 23.2 Å². The predicted molar refractivity (Wildman–Crippen MR) is 154 cm³/mol. The molecule has 0 amide bonds. The molecule has 228 valence electrons. The number of hydrogen-bond acceptors (Lipinski definition) is 9. The highest BCUT2D eigenvalue weighted by atomic mass is 16.6. The Balaban J connectivity index is 2.29. The minimum absolute atomic E-state index is 0.0850. The maximum atomic E-state index is 13.4. The van der Waals surface area contributed by atoms with Gasteiger partial charge in [0.1, 0.15) is 24.1 Å². The average molecular weight is 583 g/mol. The van der Waals surface area contributed by atoms with Gasteiger partial charge in [0.05, 0.1) is 11.5 Å². The summed E-state index contributed by atoms with van der Waals surface area (Å²) in [6.45, 7) is 12.8. The molecule has 9 nitrogen and oxygen atoms in total. The summed E-state index contributed by atoms with van der Waals surface area (Å²) < 4.78 is 23.8. The van der Waals surface area contributed by atoms with Crippen LogP contribution in [0.15, 0.2) is 54.1 Å². The fraction of sp³-hybridized carbons (Fsp3) is 0.545. The number of benzene rings is 1. The Morgan fingerprint density at radius 3 is 2.07 bits per heavy atom. The van der Waals surface area contributed by atoms with Gasteiger partial charge in [-0.15, -0.1) is 0 Å². The van der Waals surface area contributed by atoms with Gasteiger partial charge in [0, 0.05) is 38.5 Å². The number of ketones is 1. The first-order valence-electron chi connectivity index (χ1n) is 14.3. The van der Waals surface area contributed by atoms with Crippen LogP contribution in [-0.2, 0) is 38.1 Å². The first kappa shape index (κ1) is 32.8. The molecule has 0 aliphatic heterocycles. The molecule has 0 saturated heterocycles. The largest absolute Gasteiger partial charge is 0.458 e. The summed E-state index contributed by atoms with van der Waals surface area (Å²) >= 11 is 0. The van der Waals surface area contributed by atoms with Crippen molar-refractivity contribution in [1.29, 1.82) is 0 Å². The van der Waals surface area contributed by atoms with Gasteiger partial charge in [-0.1, -0.05) is 50.3 Å². The number of allylic oxidation sites excluding steroid dienone is 1. The van der Waals surface area contributed by atoms with Gasteiger partial charge >= 0.3 is 23.9 Å². The number of esters is 4. The highest BCUT2D eigenvalue weighted by Crippen LogP contribution is 2.51. The second kappa shape index (κ2) is 13.0. The molecule has 1 aromatic rings. The molecule has 9 heteroatoms. The Morgan fingerprint density at radius 2 is 1.50 bits per heavy atom. The quantitative estimate of drug-likeness (QED) is 0.263. The normalized spacial score (nSPS) is 31.0. The molecule has 0 unspecified atom stereocenters. The van der Waals surface area contributed by atoms with E-state index >= 15 is 0 Å². The van der Waals surface area contributed by atoms with Gasteiger partial charge in [-0.05, 0) is 50.8 Å². The lowest BCUT2D eigenvalue weighted by atomic mass is 9.75. The number of Topliss-reactive ketones (excluding diaryl/α,β-unsaturated/α-hetero) is 1. The summed E-state index contributed by atoms with van der Waals surface area (Å²) in [4.78, 5) is 64.0. The number of carbonyl (C=O) groups excluding carboxylic acids is 5.